The van der Waals surface area contributed by atoms with Gasteiger partial charge in [-0.25, -0.2) is 0 Å². The summed E-state index contributed by atoms with van der Waals surface area (Å²) < 4.78 is 16.1. The molecule has 5 nitrogen and oxygen atoms in total. The molecule has 1 aliphatic rings. The number of ether oxygens (including phenoxy) is 3. The zero-order chi connectivity index (χ0) is 17.1. The Hall–Kier alpha value is -2.40. The number of carbonyl (C=O) groups is 1. The molecule has 1 unspecified atom stereocenters. The van der Waals surface area contributed by atoms with Crippen molar-refractivity contribution in [2.24, 2.45) is 0 Å². The number of benzene rings is 2. The first-order chi connectivity index (χ1) is 11.6. The van der Waals surface area contributed by atoms with E-state index < -0.39 is 6.10 Å². The molecule has 1 atom stereocenters. The van der Waals surface area contributed by atoms with E-state index in [1.165, 1.54) is 0 Å². The van der Waals surface area contributed by atoms with Crippen LogP contribution in [0, 0.1) is 0 Å². The molecule has 0 bridgehead atoms. The molecule has 2 aromatic carbocycles. The standard InChI is InChI=1S/C18H18ClNO4/c1-22-15-5-3-11(7-16(15)23-2)10-20-18(21)17-9-12-8-13(19)4-6-14(12)24-17/h3-8,17H,9-10H2,1-2H3,(H,20,21). The van der Waals surface area contributed by atoms with Gasteiger partial charge in [-0.1, -0.05) is 17.7 Å². The fourth-order valence-electron chi connectivity index (χ4n) is 2.66. The minimum absolute atomic E-state index is 0.155. The lowest BCUT2D eigenvalue weighted by Crippen LogP contribution is -2.37. The van der Waals surface area contributed by atoms with Crippen molar-refractivity contribution in [3.8, 4) is 17.2 Å². The first-order valence-electron chi connectivity index (χ1n) is 7.54. The largest absolute Gasteiger partial charge is 0.493 e. The summed E-state index contributed by atoms with van der Waals surface area (Å²) in [6.07, 6.45) is -0.00758. The van der Waals surface area contributed by atoms with Gasteiger partial charge in [-0.15, -0.1) is 0 Å². The summed E-state index contributed by atoms with van der Waals surface area (Å²) in [5.74, 6) is 1.84. The van der Waals surface area contributed by atoms with Gasteiger partial charge in [0, 0.05) is 18.0 Å². The maximum Gasteiger partial charge on any atom is 0.261 e. The van der Waals surface area contributed by atoms with E-state index in [9.17, 15) is 4.79 Å². The molecule has 0 spiro atoms. The molecule has 1 N–H and O–H groups in total. The highest BCUT2D eigenvalue weighted by molar-refractivity contribution is 6.30. The molecule has 2 aromatic rings. The zero-order valence-electron chi connectivity index (χ0n) is 13.5. The van der Waals surface area contributed by atoms with E-state index in [0.29, 0.717) is 35.2 Å². The summed E-state index contributed by atoms with van der Waals surface area (Å²) >= 11 is 5.97. The Morgan fingerprint density at radius 1 is 1.21 bits per heavy atom. The molecular weight excluding hydrogens is 330 g/mol. The number of amides is 1. The molecule has 24 heavy (non-hydrogen) atoms. The summed E-state index contributed by atoms with van der Waals surface area (Å²) in [6.45, 7) is 0.385. The summed E-state index contributed by atoms with van der Waals surface area (Å²) in [5, 5.41) is 3.53. The van der Waals surface area contributed by atoms with E-state index >= 15 is 0 Å². The van der Waals surface area contributed by atoms with Crippen LogP contribution in [-0.2, 0) is 17.8 Å². The van der Waals surface area contributed by atoms with Crippen LogP contribution in [0.5, 0.6) is 17.2 Å². The highest BCUT2D eigenvalue weighted by Crippen LogP contribution is 2.31. The van der Waals surface area contributed by atoms with Crippen molar-refractivity contribution >= 4 is 17.5 Å². The van der Waals surface area contributed by atoms with Gasteiger partial charge in [0.1, 0.15) is 5.75 Å². The van der Waals surface area contributed by atoms with Crippen LogP contribution < -0.4 is 19.5 Å². The van der Waals surface area contributed by atoms with Gasteiger partial charge in [0.15, 0.2) is 17.6 Å². The molecule has 3 rings (SSSR count). The lowest BCUT2D eigenvalue weighted by molar-refractivity contribution is -0.127. The monoisotopic (exact) mass is 347 g/mol. The second-order valence-corrected chi connectivity index (χ2v) is 5.91. The topological polar surface area (TPSA) is 56.8 Å². The molecule has 1 aliphatic heterocycles. The van der Waals surface area contributed by atoms with Gasteiger partial charge >= 0.3 is 0 Å². The van der Waals surface area contributed by atoms with Gasteiger partial charge in [0.2, 0.25) is 0 Å². The zero-order valence-corrected chi connectivity index (χ0v) is 14.2. The molecule has 1 amide bonds. The Labute approximate surface area is 145 Å². The highest BCUT2D eigenvalue weighted by atomic mass is 35.5. The Bertz CT molecular complexity index is 763. The summed E-state index contributed by atoms with van der Waals surface area (Å²) in [5.41, 5.74) is 1.87. The molecule has 0 fully saturated rings. The molecular formula is C18H18ClNO4. The quantitative estimate of drug-likeness (QED) is 0.903. The van der Waals surface area contributed by atoms with Crippen molar-refractivity contribution < 1.29 is 19.0 Å². The summed E-state index contributed by atoms with van der Waals surface area (Å²) in [4.78, 5) is 12.3. The summed E-state index contributed by atoms with van der Waals surface area (Å²) in [7, 11) is 3.16. The van der Waals surface area contributed by atoms with Crippen molar-refractivity contribution in [2.75, 3.05) is 14.2 Å². The smallest absolute Gasteiger partial charge is 0.261 e. The van der Waals surface area contributed by atoms with Crippen LogP contribution in [0.1, 0.15) is 11.1 Å². The van der Waals surface area contributed by atoms with Crippen LogP contribution in [0.25, 0.3) is 0 Å². The van der Waals surface area contributed by atoms with E-state index in [1.807, 2.05) is 24.3 Å². The van der Waals surface area contributed by atoms with E-state index in [2.05, 4.69) is 5.32 Å². The van der Waals surface area contributed by atoms with E-state index in [0.717, 1.165) is 11.1 Å². The van der Waals surface area contributed by atoms with Crippen LogP contribution >= 0.6 is 11.6 Å². The maximum absolute atomic E-state index is 12.3. The van der Waals surface area contributed by atoms with Crippen molar-refractivity contribution in [2.45, 2.75) is 19.1 Å². The molecule has 6 heteroatoms. The molecule has 0 aromatic heterocycles. The van der Waals surface area contributed by atoms with Crippen LogP contribution in [0.4, 0.5) is 0 Å². The van der Waals surface area contributed by atoms with E-state index in [4.69, 9.17) is 25.8 Å². The fraction of sp³-hybridized carbons (Fsp3) is 0.278. The van der Waals surface area contributed by atoms with Crippen molar-refractivity contribution in [3.63, 3.8) is 0 Å². The molecule has 0 radical (unpaired) electrons. The van der Waals surface area contributed by atoms with Crippen molar-refractivity contribution in [3.05, 3.63) is 52.5 Å². The average Bonchev–Trinajstić information content (AvgIpc) is 3.02. The van der Waals surface area contributed by atoms with Gasteiger partial charge in [-0.3, -0.25) is 4.79 Å². The number of rotatable bonds is 5. The molecule has 126 valence electrons. The Kier molecular flexibility index (Phi) is 4.81. The number of fused-ring (bicyclic) bond motifs is 1. The fourth-order valence-corrected chi connectivity index (χ4v) is 2.85. The number of halogens is 1. The lowest BCUT2D eigenvalue weighted by Gasteiger charge is -2.13. The van der Waals surface area contributed by atoms with Gasteiger partial charge in [-0.2, -0.15) is 0 Å². The van der Waals surface area contributed by atoms with Crippen molar-refractivity contribution in [1.29, 1.82) is 0 Å². The Balaban J connectivity index is 1.61. The van der Waals surface area contributed by atoms with Gasteiger partial charge < -0.3 is 19.5 Å². The normalized spacial score (nSPS) is 15.4. The van der Waals surface area contributed by atoms with Crippen LogP contribution in [0.2, 0.25) is 5.02 Å². The third-order valence-corrected chi connectivity index (χ3v) is 4.14. The number of methoxy groups -OCH3 is 2. The van der Waals surface area contributed by atoms with Crippen LogP contribution in [-0.4, -0.2) is 26.2 Å². The number of nitrogens with one attached hydrogen (secondary N) is 1. The van der Waals surface area contributed by atoms with Gasteiger partial charge in [0.05, 0.1) is 14.2 Å². The summed E-state index contributed by atoms with van der Waals surface area (Å²) in [6, 6.07) is 10.9. The molecule has 1 heterocycles. The Morgan fingerprint density at radius 2 is 2.00 bits per heavy atom. The highest BCUT2D eigenvalue weighted by Gasteiger charge is 2.29. The molecule has 0 saturated carbocycles. The average molecular weight is 348 g/mol. The minimum atomic E-state index is -0.529. The van der Waals surface area contributed by atoms with E-state index in [1.54, 1.807) is 26.4 Å². The number of hydrogen-bond donors (Lipinski definition) is 1. The van der Waals surface area contributed by atoms with Crippen molar-refractivity contribution in [1.82, 2.24) is 5.32 Å². The van der Waals surface area contributed by atoms with Crippen LogP contribution in [0.15, 0.2) is 36.4 Å². The second-order valence-electron chi connectivity index (χ2n) is 5.47. The predicted octanol–water partition coefficient (Wildman–Crippen LogP) is 2.98. The SMILES string of the molecule is COc1ccc(CNC(=O)C2Cc3cc(Cl)ccc3O2)cc1OC. The lowest BCUT2D eigenvalue weighted by atomic mass is 10.1. The molecule has 0 saturated heterocycles. The van der Waals surface area contributed by atoms with Crippen LogP contribution in [0.3, 0.4) is 0 Å². The maximum atomic E-state index is 12.3. The number of carbonyl (C=O) groups excluding carboxylic acids is 1. The predicted molar refractivity (Wildman–Crippen MR) is 91.0 cm³/mol. The molecule has 0 aliphatic carbocycles. The third kappa shape index (κ3) is 3.41. The third-order valence-electron chi connectivity index (χ3n) is 3.90. The first-order valence-corrected chi connectivity index (χ1v) is 7.92. The second kappa shape index (κ2) is 7.01. The van der Waals surface area contributed by atoms with Gasteiger partial charge in [-0.05, 0) is 41.5 Å². The number of hydrogen-bond acceptors (Lipinski definition) is 4. The van der Waals surface area contributed by atoms with Gasteiger partial charge in [0.25, 0.3) is 5.91 Å². The van der Waals surface area contributed by atoms with E-state index in [-0.39, 0.29) is 5.91 Å². The first kappa shape index (κ1) is 16.5. The minimum Gasteiger partial charge on any atom is -0.493 e. The Morgan fingerprint density at radius 3 is 2.75 bits per heavy atom.